The number of ether oxygens (including phenoxy) is 1. The first-order valence-electron chi connectivity index (χ1n) is 9.03. The average molecular weight is 479 g/mol. The van der Waals surface area contributed by atoms with Crippen molar-refractivity contribution in [3.05, 3.63) is 52.8 Å². The summed E-state index contributed by atoms with van der Waals surface area (Å²) in [6.07, 6.45) is -1.85. The Morgan fingerprint density at radius 3 is 2.52 bits per heavy atom. The SMILES string of the molecule is O=C(c1ccc(N[SH](=O)=O)c(OC(F)(F)F)c1)N1CCN(Cc2ccncc2Cl)CC1. The third kappa shape index (κ3) is 6.45. The Kier molecular flexibility index (Phi) is 7.23. The van der Waals surface area contributed by atoms with Gasteiger partial charge in [0.25, 0.3) is 5.91 Å². The van der Waals surface area contributed by atoms with Crippen LogP contribution >= 0.6 is 11.6 Å². The molecular formula is C18H18ClF3N4O4S. The van der Waals surface area contributed by atoms with E-state index in [1.165, 1.54) is 11.0 Å². The summed E-state index contributed by atoms with van der Waals surface area (Å²) in [6.45, 7) is 2.41. The summed E-state index contributed by atoms with van der Waals surface area (Å²) in [6, 6.07) is 4.99. The van der Waals surface area contributed by atoms with Gasteiger partial charge >= 0.3 is 6.36 Å². The number of nitrogens with zero attached hydrogens (tertiary/aromatic N) is 3. The predicted molar refractivity (Wildman–Crippen MR) is 107 cm³/mol. The molecule has 2 heterocycles. The zero-order valence-electron chi connectivity index (χ0n) is 15.9. The first-order valence-corrected chi connectivity index (χ1v) is 10.6. The van der Waals surface area contributed by atoms with Crippen LogP contribution in [0.5, 0.6) is 5.75 Å². The molecule has 1 N–H and O–H groups in total. The number of hydrogen-bond donors (Lipinski definition) is 2. The van der Waals surface area contributed by atoms with Gasteiger partial charge in [-0.15, -0.1) is 13.2 Å². The van der Waals surface area contributed by atoms with Gasteiger partial charge in [-0.1, -0.05) is 11.6 Å². The van der Waals surface area contributed by atoms with Gasteiger partial charge < -0.3 is 9.64 Å². The Balaban J connectivity index is 1.68. The number of thiol groups is 1. The molecule has 0 bridgehead atoms. The molecule has 1 aromatic carbocycles. The third-order valence-corrected chi connectivity index (χ3v) is 5.34. The fourth-order valence-electron chi connectivity index (χ4n) is 3.12. The molecule has 2 aromatic rings. The maximum atomic E-state index is 12.8. The summed E-state index contributed by atoms with van der Waals surface area (Å²) in [5.74, 6) is -1.28. The minimum atomic E-state index is -5.05. The summed E-state index contributed by atoms with van der Waals surface area (Å²) < 4.78 is 65.4. The second-order valence-electron chi connectivity index (χ2n) is 6.66. The highest BCUT2D eigenvalue weighted by atomic mass is 35.5. The van der Waals surface area contributed by atoms with Crippen LogP contribution < -0.4 is 9.46 Å². The summed E-state index contributed by atoms with van der Waals surface area (Å²) in [4.78, 5) is 20.3. The van der Waals surface area contributed by atoms with Crippen molar-refractivity contribution in [2.45, 2.75) is 12.9 Å². The van der Waals surface area contributed by atoms with Gasteiger partial charge in [-0.05, 0) is 29.8 Å². The largest absolute Gasteiger partial charge is 0.573 e. The molecule has 1 aliphatic rings. The van der Waals surface area contributed by atoms with E-state index in [0.717, 1.165) is 17.7 Å². The van der Waals surface area contributed by atoms with Crippen molar-refractivity contribution in [2.24, 2.45) is 0 Å². The fourth-order valence-corrected chi connectivity index (χ4v) is 3.68. The van der Waals surface area contributed by atoms with Gasteiger partial charge in [0.2, 0.25) is 10.9 Å². The fraction of sp³-hybridized carbons (Fsp3) is 0.333. The van der Waals surface area contributed by atoms with Crippen LogP contribution in [0.2, 0.25) is 5.02 Å². The number of carbonyl (C=O) groups is 1. The number of benzene rings is 1. The molecule has 0 unspecified atom stereocenters. The van der Waals surface area contributed by atoms with Crippen LogP contribution in [0.15, 0.2) is 36.7 Å². The van der Waals surface area contributed by atoms with Crippen molar-refractivity contribution in [2.75, 3.05) is 30.9 Å². The van der Waals surface area contributed by atoms with Crippen LogP contribution in [0.1, 0.15) is 15.9 Å². The van der Waals surface area contributed by atoms with Gasteiger partial charge in [0.05, 0.1) is 10.7 Å². The highest BCUT2D eigenvalue weighted by Crippen LogP contribution is 2.32. The van der Waals surface area contributed by atoms with Gasteiger partial charge in [-0.3, -0.25) is 19.4 Å². The molecule has 8 nitrogen and oxygen atoms in total. The number of alkyl halides is 3. The van der Waals surface area contributed by atoms with E-state index in [-0.39, 0.29) is 5.56 Å². The maximum Gasteiger partial charge on any atom is 0.573 e. The molecule has 13 heteroatoms. The van der Waals surface area contributed by atoms with E-state index in [0.29, 0.717) is 37.7 Å². The lowest BCUT2D eigenvalue weighted by molar-refractivity contribution is -0.274. The zero-order valence-corrected chi connectivity index (χ0v) is 17.6. The summed E-state index contributed by atoms with van der Waals surface area (Å²) in [7, 11) is -3.21. The van der Waals surface area contributed by atoms with E-state index < -0.39 is 34.6 Å². The van der Waals surface area contributed by atoms with Gasteiger partial charge in [-0.2, -0.15) is 0 Å². The van der Waals surface area contributed by atoms with Crippen LogP contribution in [0, 0.1) is 0 Å². The van der Waals surface area contributed by atoms with E-state index in [4.69, 9.17) is 11.6 Å². The van der Waals surface area contributed by atoms with Crippen molar-refractivity contribution in [1.82, 2.24) is 14.8 Å². The molecule has 1 aromatic heterocycles. The quantitative estimate of drug-likeness (QED) is 0.620. The minimum absolute atomic E-state index is 0.0449. The van der Waals surface area contributed by atoms with E-state index in [1.807, 2.05) is 10.8 Å². The topological polar surface area (TPSA) is 91.8 Å². The number of anilines is 1. The van der Waals surface area contributed by atoms with Crippen molar-refractivity contribution >= 4 is 34.1 Å². The summed E-state index contributed by atoms with van der Waals surface area (Å²) in [5.41, 5.74) is 0.450. The molecule has 0 aliphatic carbocycles. The van der Waals surface area contributed by atoms with E-state index in [9.17, 15) is 26.4 Å². The first kappa shape index (κ1) is 23.1. The second-order valence-corrected chi connectivity index (χ2v) is 7.81. The van der Waals surface area contributed by atoms with Gasteiger partial charge in [0.1, 0.15) is 0 Å². The number of aromatic nitrogens is 1. The third-order valence-electron chi connectivity index (χ3n) is 4.58. The lowest BCUT2D eigenvalue weighted by atomic mass is 10.1. The van der Waals surface area contributed by atoms with Crippen molar-refractivity contribution in [1.29, 1.82) is 0 Å². The molecule has 1 aliphatic heterocycles. The molecule has 0 radical (unpaired) electrons. The molecule has 1 saturated heterocycles. The number of carbonyl (C=O) groups excluding carboxylic acids is 1. The molecular weight excluding hydrogens is 461 g/mol. The highest BCUT2D eigenvalue weighted by Gasteiger charge is 2.33. The molecule has 0 saturated carbocycles. The molecule has 1 fully saturated rings. The number of hydrogen-bond acceptors (Lipinski definition) is 6. The molecule has 1 amide bonds. The van der Waals surface area contributed by atoms with Crippen LogP contribution in [0.4, 0.5) is 18.9 Å². The number of halogens is 4. The first-order chi connectivity index (χ1) is 14.6. The molecule has 31 heavy (non-hydrogen) atoms. The zero-order chi connectivity index (χ0) is 22.6. The molecule has 0 atom stereocenters. The number of rotatable bonds is 6. The number of piperazine rings is 1. The molecule has 0 spiro atoms. The molecule has 3 rings (SSSR count). The number of amides is 1. The van der Waals surface area contributed by atoms with Crippen LogP contribution in [0.25, 0.3) is 0 Å². The van der Waals surface area contributed by atoms with E-state index in [2.05, 4.69) is 14.6 Å². The predicted octanol–water partition coefficient (Wildman–Crippen LogP) is 2.53. The standard InChI is InChI=1S/C18H18ClF3N4O4S/c19-14-10-23-4-3-13(14)11-25-5-7-26(8-6-25)17(27)12-1-2-15(24-31(28)29)16(9-12)30-18(20,21)22/h1-4,9-10,31H,5-8,11H2,(H,24,28,29). The lowest BCUT2D eigenvalue weighted by Gasteiger charge is -2.35. The van der Waals surface area contributed by atoms with Crippen molar-refractivity contribution in [3.63, 3.8) is 0 Å². The Morgan fingerprint density at radius 1 is 1.19 bits per heavy atom. The average Bonchev–Trinajstić information content (AvgIpc) is 2.70. The van der Waals surface area contributed by atoms with Gasteiger partial charge in [0, 0.05) is 50.7 Å². The monoisotopic (exact) mass is 478 g/mol. The second kappa shape index (κ2) is 9.71. The van der Waals surface area contributed by atoms with Crippen LogP contribution in [-0.2, 0) is 17.4 Å². The van der Waals surface area contributed by atoms with Crippen LogP contribution in [0.3, 0.4) is 0 Å². The lowest BCUT2D eigenvalue weighted by Crippen LogP contribution is -2.48. The summed E-state index contributed by atoms with van der Waals surface area (Å²) in [5, 5.41) is 0.548. The normalized spacial score (nSPS) is 15.2. The highest BCUT2D eigenvalue weighted by molar-refractivity contribution is 7.73. The Hall–Kier alpha value is -2.57. The van der Waals surface area contributed by atoms with Crippen molar-refractivity contribution < 1.29 is 31.1 Å². The minimum Gasteiger partial charge on any atom is -0.404 e. The summed E-state index contributed by atoms with van der Waals surface area (Å²) >= 11 is 6.12. The number of pyridine rings is 1. The number of nitrogens with one attached hydrogen (secondary N) is 1. The van der Waals surface area contributed by atoms with Crippen LogP contribution in [-0.4, -0.2) is 61.7 Å². The molecule has 168 valence electrons. The maximum absolute atomic E-state index is 12.8. The van der Waals surface area contributed by atoms with Gasteiger partial charge in [0.15, 0.2) is 5.75 Å². The Bertz CT molecular complexity index is 1020. The van der Waals surface area contributed by atoms with Crippen molar-refractivity contribution in [3.8, 4) is 5.75 Å². The van der Waals surface area contributed by atoms with E-state index >= 15 is 0 Å². The smallest absolute Gasteiger partial charge is 0.404 e. The van der Waals surface area contributed by atoms with E-state index in [1.54, 1.807) is 12.4 Å². The Morgan fingerprint density at radius 2 is 1.90 bits per heavy atom. The Labute approximate surface area is 182 Å². The van der Waals surface area contributed by atoms with Gasteiger partial charge in [-0.25, -0.2) is 8.42 Å².